The maximum absolute atomic E-state index is 11.6. The van der Waals surface area contributed by atoms with Crippen LogP contribution in [0.3, 0.4) is 0 Å². The van der Waals surface area contributed by atoms with Gasteiger partial charge in [0.2, 0.25) is 0 Å². The lowest BCUT2D eigenvalue weighted by molar-refractivity contribution is -0.0493. The van der Waals surface area contributed by atoms with E-state index in [1.807, 2.05) is 0 Å². The fraction of sp³-hybridized carbons (Fsp3) is 0.778. The lowest BCUT2D eigenvalue weighted by atomic mass is 10.1. The van der Waals surface area contributed by atoms with E-state index in [1.54, 1.807) is 6.92 Å². The second-order valence-corrected chi connectivity index (χ2v) is 4.66. The van der Waals surface area contributed by atoms with Crippen LogP contribution in [0.1, 0.15) is 13.2 Å². The van der Waals surface area contributed by atoms with E-state index in [1.165, 1.54) is 0 Å². The molecule has 0 bridgehead atoms. The number of aliphatic hydroxyl groups excluding tert-OH is 3. The molecule has 2 rings (SSSR count). The van der Waals surface area contributed by atoms with Gasteiger partial charge in [-0.25, -0.2) is 8.75 Å². The largest absolute Gasteiger partial charge is 0.469 e. The second-order valence-electron chi connectivity index (χ2n) is 3.74. The van der Waals surface area contributed by atoms with Crippen molar-refractivity contribution < 1.29 is 24.8 Å². The van der Waals surface area contributed by atoms with E-state index < -0.39 is 36.8 Å². The van der Waals surface area contributed by atoms with Crippen LogP contribution >= 0.6 is 11.5 Å². The maximum Gasteiger partial charge on any atom is 0.363 e. The molecule has 0 unspecified atom stereocenters. The lowest BCUT2D eigenvalue weighted by Gasteiger charge is -2.13. The molecule has 9 heteroatoms. The number of aromatic nitrogens is 2. The van der Waals surface area contributed by atoms with Crippen LogP contribution in [0.5, 0.6) is 5.19 Å². The zero-order chi connectivity index (χ0) is 13.3. The molecule has 0 amide bonds. The molecule has 1 aromatic rings. The highest BCUT2D eigenvalue weighted by Gasteiger charge is 2.44. The van der Waals surface area contributed by atoms with Crippen molar-refractivity contribution in [2.24, 2.45) is 0 Å². The van der Waals surface area contributed by atoms with E-state index in [0.717, 1.165) is 15.5 Å². The zero-order valence-electron chi connectivity index (χ0n) is 9.59. The van der Waals surface area contributed by atoms with Crippen molar-refractivity contribution in [1.82, 2.24) is 8.94 Å². The zero-order valence-corrected chi connectivity index (χ0v) is 10.4. The van der Waals surface area contributed by atoms with Crippen LogP contribution in [-0.2, 0) is 4.74 Å². The molecule has 1 fully saturated rings. The van der Waals surface area contributed by atoms with Gasteiger partial charge >= 0.3 is 5.69 Å². The van der Waals surface area contributed by atoms with Gasteiger partial charge in [-0.1, -0.05) is 0 Å². The fourth-order valence-electron chi connectivity index (χ4n) is 1.69. The predicted octanol–water partition coefficient (Wildman–Crippen LogP) is -1.68. The van der Waals surface area contributed by atoms with Gasteiger partial charge in [0.05, 0.1) is 13.2 Å². The van der Waals surface area contributed by atoms with E-state index >= 15 is 0 Å². The Labute approximate surface area is 106 Å². The monoisotopic (exact) mass is 278 g/mol. The molecular formula is C9H14N2O6S. The number of ether oxygens (including phenoxy) is 2. The minimum absolute atomic E-state index is 0.167. The van der Waals surface area contributed by atoms with E-state index in [-0.39, 0.29) is 5.19 Å². The maximum atomic E-state index is 11.6. The third-order valence-electron chi connectivity index (χ3n) is 2.57. The molecule has 4 atom stereocenters. The van der Waals surface area contributed by atoms with Crippen LogP contribution in [0.2, 0.25) is 0 Å². The number of aliphatic hydroxyl groups is 3. The Morgan fingerprint density at radius 2 is 2.22 bits per heavy atom. The summed E-state index contributed by atoms with van der Waals surface area (Å²) in [6.45, 7) is 1.67. The standard InChI is InChI=1S/C9H14N2O6S/c1-2-16-9-10-8(15)11(18-9)7-6(14)5(13)4(3-12)17-7/h4-7,12-14H,2-3H2,1H3/t4-,5+,6+,7+/m0/s1. The summed E-state index contributed by atoms with van der Waals surface area (Å²) in [7, 11) is 0. The van der Waals surface area contributed by atoms with Gasteiger partial charge in [0.25, 0.3) is 5.19 Å². The first kappa shape index (κ1) is 13.4. The van der Waals surface area contributed by atoms with Crippen molar-refractivity contribution in [1.29, 1.82) is 0 Å². The van der Waals surface area contributed by atoms with Crippen molar-refractivity contribution in [3.63, 3.8) is 0 Å². The van der Waals surface area contributed by atoms with Crippen LogP contribution in [-0.4, -0.2) is 55.8 Å². The van der Waals surface area contributed by atoms with E-state index in [9.17, 15) is 15.0 Å². The van der Waals surface area contributed by atoms with E-state index in [0.29, 0.717) is 6.61 Å². The van der Waals surface area contributed by atoms with Crippen molar-refractivity contribution in [3.05, 3.63) is 10.5 Å². The second kappa shape index (κ2) is 5.33. The molecule has 1 aliphatic heterocycles. The van der Waals surface area contributed by atoms with Crippen molar-refractivity contribution in [3.8, 4) is 5.19 Å². The molecule has 0 aliphatic carbocycles. The van der Waals surface area contributed by atoms with Crippen molar-refractivity contribution >= 4 is 11.5 Å². The Morgan fingerprint density at radius 1 is 1.50 bits per heavy atom. The molecule has 1 saturated heterocycles. The van der Waals surface area contributed by atoms with Crippen LogP contribution in [0.15, 0.2) is 4.79 Å². The highest BCUT2D eigenvalue weighted by molar-refractivity contribution is 7.07. The Morgan fingerprint density at radius 3 is 2.78 bits per heavy atom. The number of hydrogen-bond acceptors (Lipinski definition) is 8. The third-order valence-corrected chi connectivity index (χ3v) is 3.49. The summed E-state index contributed by atoms with van der Waals surface area (Å²) in [5.41, 5.74) is -0.627. The summed E-state index contributed by atoms with van der Waals surface area (Å²) in [4.78, 5) is 15.2. The Bertz CT molecular complexity index is 460. The Balaban J connectivity index is 2.24. The van der Waals surface area contributed by atoms with Gasteiger partial charge in [-0.2, -0.15) is 0 Å². The van der Waals surface area contributed by atoms with Gasteiger partial charge in [-0.05, 0) is 6.92 Å². The first-order chi connectivity index (χ1) is 8.58. The van der Waals surface area contributed by atoms with E-state index in [4.69, 9.17) is 14.6 Å². The molecule has 1 aromatic heterocycles. The molecule has 2 heterocycles. The molecule has 3 N–H and O–H groups in total. The summed E-state index contributed by atoms with van der Waals surface area (Å²) in [5, 5.41) is 28.5. The van der Waals surface area contributed by atoms with E-state index in [2.05, 4.69) is 4.98 Å². The first-order valence-corrected chi connectivity index (χ1v) is 6.21. The van der Waals surface area contributed by atoms with Gasteiger partial charge in [0.1, 0.15) is 18.3 Å². The predicted molar refractivity (Wildman–Crippen MR) is 60.6 cm³/mol. The highest BCUT2D eigenvalue weighted by atomic mass is 32.1. The van der Waals surface area contributed by atoms with Crippen molar-refractivity contribution in [2.45, 2.75) is 31.5 Å². The average Bonchev–Trinajstić information content (AvgIpc) is 2.83. The van der Waals surface area contributed by atoms with Crippen LogP contribution < -0.4 is 10.4 Å². The lowest BCUT2D eigenvalue weighted by Crippen LogP contribution is -2.34. The number of hydrogen-bond donors (Lipinski definition) is 3. The highest BCUT2D eigenvalue weighted by Crippen LogP contribution is 2.30. The normalized spacial score (nSPS) is 31.8. The summed E-state index contributed by atoms with van der Waals surface area (Å²) >= 11 is 0.893. The van der Waals surface area contributed by atoms with Crippen LogP contribution in [0, 0.1) is 0 Å². The summed E-state index contributed by atoms with van der Waals surface area (Å²) in [6.07, 6.45) is -4.52. The fourth-order valence-corrected chi connectivity index (χ4v) is 2.54. The van der Waals surface area contributed by atoms with Gasteiger partial charge in [0, 0.05) is 11.5 Å². The molecular weight excluding hydrogens is 264 g/mol. The minimum Gasteiger partial charge on any atom is -0.469 e. The van der Waals surface area contributed by atoms with Gasteiger partial charge in [-0.3, -0.25) is 0 Å². The minimum atomic E-state index is -1.30. The van der Waals surface area contributed by atoms with Gasteiger partial charge in [0.15, 0.2) is 6.23 Å². The summed E-state index contributed by atoms with van der Waals surface area (Å²) in [5.74, 6) is 0. The molecule has 18 heavy (non-hydrogen) atoms. The van der Waals surface area contributed by atoms with Crippen LogP contribution in [0.25, 0.3) is 0 Å². The quantitative estimate of drug-likeness (QED) is 0.602. The molecule has 1 aliphatic rings. The molecule has 102 valence electrons. The Kier molecular flexibility index (Phi) is 3.97. The summed E-state index contributed by atoms with van der Waals surface area (Å²) < 4.78 is 11.4. The topological polar surface area (TPSA) is 114 Å². The molecule has 0 aromatic carbocycles. The molecule has 0 spiro atoms. The molecule has 8 nitrogen and oxygen atoms in total. The van der Waals surface area contributed by atoms with Gasteiger partial charge < -0.3 is 24.8 Å². The SMILES string of the molecule is CCOc1nc(=O)n([C@@H]2O[C@@H](CO)[C@@H](O)[C@H]2O)s1. The molecule has 0 saturated carbocycles. The number of nitrogens with zero attached hydrogens (tertiary/aromatic N) is 2. The number of rotatable bonds is 4. The van der Waals surface area contributed by atoms with Crippen LogP contribution in [0.4, 0.5) is 0 Å². The average molecular weight is 278 g/mol. The first-order valence-electron chi connectivity index (χ1n) is 5.43. The molecule has 0 radical (unpaired) electrons. The smallest absolute Gasteiger partial charge is 0.363 e. The Hall–Kier alpha value is -1.00. The van der Waals surface area contributed by atoms with Crippen molar-refractivity contribution in [2.75, 3.05) is 13.2 Å². The summed E-state index contributed by atoms with van der Waals surface area (Å²) in [6, 6.07) is 0. The third kappa shape index (κ3) is 2.27. The van der Waals surface area contributed by atoms with Gasteiger partial charge in [-0.15, -0.1) is 4.98 Å².